The molecule has 0 aliphatic carbocycles. The van der Waals surface area contributed by atoms with E-state index in [4.69, 9.17) is 0 Å². The van der Waals surface area contributed by atoms with Crippen molar-refractivity contribution in [2.75, 3.05) is 0 Å². The average Bonchev–Trinajstić information content (AvgIpc) is 3.36. The summed E-state index contributed by atoms with van der Waals surface area (Å²) in [5, 5.41) is 0. The zero-order valence-corrected chi connectivity index (χ0v) is 28.2. The van der Waals surface area contributed by atoms with Gasteiger partial charge in [0.2, 0.25) is 0 Å². The van der Waals surface area contributed by atoms with Crippen molar-refractivity contribution in [1.29, 1.82) is 0 Å². The van der Waals surface area contributed by atoms with Crippen LogP contribution in [0.2, 0.25) is 0 Å². The van der Waals surface area contributed by atoms with Crippen molar-refractivity contribution >= 4 is 0 Å². The lowest BCUT2D eigenvalue weighted by Gasteiger charge is -2.06. The van der Waals surface area contributed by atoms with E-state index in [0.717, 1.165) is 6.54 Å². The Labute approximate surface area is 253 Å². The summed E-state index contributed by atoms with van der Waals surface area (Å²) >= 11 is 0. The first-order chi connectivity index (χ1) is 19.8. The van der Waals surface area contributed by atoms with Crippen LogP contribution in [0.25, 0.3) is 0 Å². The molecule has 0 aromatic carbocycles. The third-order valence-electron chi connectivity index (χ3n) is 9.19. The largest absolute Gasteiger partial charge is 0.256 e. The number of nitrogens with zero attached hydrogens (tertiary/aromatic N) is 2. The van der Waals surface area contributed by atoms with E-state index in [1.807, 2.05) is 0 Å². The Morgan fingerprint density at radius 2 is 0.750 bits per heavy atom. The molecular weight excluding hydrogens is 484 g/mol. The minimum Gasteiger partial charge on any atom is -0.235 e. The lowest BCUT2D eigenvalue weighted by molar-refractivity contribution is -0.704. The second kappa shape index (κ2) is 29.7. The molecule has 236 valence electrons. The van der Waals surface area contributed by atoms with Crippen molar-refractivity contribution in [2.24, 2.45) is 0 Å². The minimum atomic E-state index is 1.11. The second-order valence-electron chi connectivity index (χ2n) is 13.0. The van der Waals surface area contributed by atoms with E-state index in [1.165, 1.54) is 199 Å². The third kappa shape index (κ3) is 21.9. The highest BCUT2D eigenvalue weighted by Gasteiger charge is 2.15. The zero-order valence-electron chi connectivity index (χ0n) is 28.2. The monoisotopic (exact) mass is 560 g/mol. The number of rotatable bonds is 32. The number of hydrogen-bond acceptors (Lipinski definition) is 0. The zero-order chi connectivity index (χ0) is 28.8. The summed E-state index contributed by atoms with van der Waals surface area (Å²) in [5.41, 5.74) is 0. The molecule has 40 heavy (non-hydrogen) atoms. The molecule has 0 amide bonds. The number of hydrogen-bond donors (Lipinski definition) is 0. The Morgan fingerprint density at radius 1 is 0.425 bits per heavy atom. The Bertz CT molecular complexity index is 619. The first-order valence-corrected chi connectivity index (χ1v) is 18.9. The molecule has 0 radical (unpaired) electrons. The first-order valence-electron chi connectivity index (χ1n) is 18.9. The molecule has 1 aromatic heterocycles. The highest BCUT2D eigenvalue weighted by Crippen LogP contribution is 2.15. The van der Waals surface area contributed by atoms with Gasteiger partial charge in [-0.1, -0.05) is 181 Å². The van der Waals surface area contributed by atoms with Crippen LogP contribution in [0.1, 0.15) is 213 Å². The molecule has 2 heteroatoms. The van der Waals surface area contributed by atoms with Gasteiger partial charge in [-0.25, -0.2) is 9.13 Å². The quantitative estimate of drug-likeness (QED) is 0.0613. The van der Waals surface area contributed by atoms with Crippen LogP contribution in [0.4, 0.5) is 0 Å². The molecule has 0 aliphatic rings. The summed E-state index contributed by atoms with van der Waals surface area (Å²) in [5.74, 6) is 1.58. The topological polar surface area (TPSA) is 8.81 Å². The van der Waals surface area contributed by atoms with Gasteiger partial charge in [-0.2, -0.15) is 0 Å². The van der Waals surface area contributed by atoms with Gasteiger partial charge in [0, 0.05) is 6.42 Å². The van der Waals surface area contributed by atoms with E-state index < -0.39 is 0 Å². The van der Waals surface area contributed by atoms with Gasteiger partial charge >= 0.3 is 0 Å². The van der Waals surface area contributed by atoms with Gasteiger partial charge in [0.25, 0.3) is 5.82 Å². The lowest BCUT2D eigenvalue weighted by atomic mass is 10.0. The Kier molecular flexibility index (Phi) is 27.6. The van der Waals surface area contributed by atoms with Crippen LogP contribution < -0.4 is 4.57 Å². The molecule has 0 saturated carbocycles. The smallest absolute Gasteiger partial charge is 0.235 e. The highest BCUT2D eigenvalue weighted by atomic mass is 15.1. The maximum Gasteiger partial charge on any atom is 0.256 e. The SMILES string of the molecule is CCCCCCCCCCCCCCCCCCC[n+]1ccn(CC)c1CCCCCCCCCCCCCC. The van der Waals surface area contributed by atoms with E-state index in [2.05, 4.69) is 42.3 Å². The van der Waals surface area contributed by atoms with Crippen molar-refractivity contribution in [2.45, 2.75) is 226 Å². The van der Waals surface area contributed by atoms with E-state index in [0.29, 0.717) is 0 Å². The summed E-state index contributed by atoms with van der Waals surface area (Å²) in [7, 11) is 0. The van der Waals surface area contributed by atoms with E-state index in [-0.39, 0.29) is 0 Å². The predicted octanol–water partition coefficient (Wildman–Crippen LogP) is 12.7. The number of aryl methyl sites for hydroxylation is 2. The number of imidazole rings is 1. The van der Waals surface area contributed by atoms with Crippen LogP contribution >= 0.6 is 0 Å². The molecule has 2 nitrogen and oxygen atoms in total. The number of aromatic nitrogens is 2. The molecule has 0 fully saturated rings. The third-order valence-corrected chi connectivity index (χ3v) is 9.19. The molecule has 0 atom stereocenters. The lowest BCUT2D eigenvalue weighted by Crippen LogP contribution is -2.37. The molecule has 0 N–H and O–H groups in total. The van der Waals surface area contributed by atoms with Gasteiger partial charge in [0.1, 0.15) is 12.4 Å². The van der Waals surface area contributed by atoms with Crippen molar-refractivity contribution in [3.05, 3.63) is 18.2 Å². The Morgan fingerprint density at radius 3 is 1.10 bits per heavy atom. The molecule has 0 saturated heterocycles. The first kappa shape index (κ1) is 37.2. The van der Waals surface area contributed by atoms with Crippen LogP contribution in [-0.4, -0.2) is 4.57 Å². The fourth-order valence-electron chi connectivity index (χ4n) is 6.41. The van der Waals surface area contributed by atoms with Gasteiger partial charge in [-0.05, 0) is 26.2 Å². The second-order valence-corrected chi connectivity index (χ2v) is 13.0. The summed E-state index contributed by atoms with van der Waals surface area (Å²) in [6.07, 6.45) is 47.8. The molecule has 1 aromatic rings. The van der Waals surface area contributed by atoms with Crippen molar-refractivity contribution in [3.63, 3.8) is 0 Å². The van der Waals surface area contributed by atoms with Crippen molar-refractivity contribution < 1.29 is 4.57 Å². The maximum absolute atomic E-state index is 2.58. The van der Waals surface area contributed by atoms with Crippen LogP contribution in [0.3, 0.4) is 0 Å². The average molecular weight is 560 g/mol. The van der Waals surface area contributed by atoms with Gasteiger partial charge in [-0.15, -0.1) is 0 Å². The van der Waals surface area contributed by atoms with Crippen LogP contribution in [0, 0.1) is 0 Å². The fraction of sp³-hybridized carbons (Fsp3) is 0.921. The van der Waals surface area contributed by atoms with Crippen LogP contribution in [0.5, 0.6) is 0 Å². The normalized spacial score (nSPS) is 11.6. The maximum atomic E-state index is 2.58. The Hall–Kier alpha value is -0.790. The van der Waals surface area contributed by atoms with Crippen LogP contribution in [-0.2, 0) is 19.5 Å². The van der Waals surface area contributed by atoms with E-state index in [9.17, 15) is 0 Å². The van der Waals surface area contributed by atoms with E-state index >= 15 is 0 Å². The van der Waals surface area contributed by atoms with E-state index in [1.54, 1.807) is 5.82 Å². The number of unbranched alkanes of at least 4 members (excludes halogenated alkanes) is 27. The summed E-state index contributed by atoms with van der Waals surface area (Å²) < 4.78 is 5.07. The van der Waals surface area contributed by atoms with Crippen molar-refractivity contribution in [1.82, 2.24) is 4.57 Å². The minimum absolute atomic E-state index is 1.11. The molecule has 0 bridgehead atoms. The van der Waals surface area contributed by atoms with Gasteiger partial charge in [0.15, 0.2) is 0 Å². The highest BCUT2D eigenvalue weighted by molar-refractivity contribution is 4.83. The van der Waals surface area contributed by atoms with Gasteiger partial charge in [0.05, 0.1) is 13.1 Å². The fourth-order valence-corrected chi connectivity index (χ4v) is 6.41. The molecule has 1 heterocycles. The van der Waals surface area contributed by atoms with Crippen LogP contribution in [0.15, 0.2) is 12.4 Å². The molecule has 0 spiro atoms. The Balaban J connectivity index is 1.96. The summed E-state index contributed by atoms with van der Waals surface area (Å²) in [6.45, 7) is 9.24. The van der Waals surface area contributed by atoms with Crippen molar-refractivity contribution in [3.8, 4) is 0 Å². The van der Waals surface area contributed by atoms with Gasteiger partial charge < -0.3 is 0 Å². The summed E-state index contributed by atoms with van der Waals surface area (Å²) in [6, 6.07) is 0. The summed E-state index contributed by atoms with van der Waals surface area (Å²) in [4.78, 5) is 0. The standard InChI is InChI=1S/C38H75N2/c1-4-7-9-11-13-15-17-19-20-21-22-23-25-27-29-31-33-35-40-37-36-39(6-3)38(40)34-32-30-28-26-24-18-16-14-12-10-8-5-2/h36-37H,4-35H2,1-3H3/q+1. The van der Waals surface area contributed by atoms with Gasteiger partial charge in [-0.3, -0.25) is 0 Å². The molecular formula is C38H75N2+. The molecule has 0 unspecified atom stereocenters. The molecule has 0 aliphatic heterocycles. The molecule has 1 rings (SSSR count). The predicted molar refractivity (Wildman–Crippen MR) is 179 cm³/mol.